The number of amides is 2. The number of carbonyl (C=O) groups is 3. The summed E-state index contributed by atoms with van der Waals surface area (Å²) in [5.74, 6) is -4.38. The molecule has 1 aromatic carbocycles. The van der Waals surface area contributed by atoms with Gasteiger partial charge in [0.25, 0.3) is 11.8 Å². The SMILES string of the molecule is CC1=NO[C@@]2(CC[C@H](C)N3C[C@H]2n2cc(C(=O)NCc4ccc(F)cc4F)c(=O)c(OCOC(=O)OC[C@H](OP(=O)(O)O)C(C)C)c2C3=O)C1. The van der Waals surface area contributed by atoms with Crippen molar-refractivity contribution in [2.45, 2.75) is 77.3 Å². The molecule has 1 saturated heterocycles. The first-order valence-corrected chi connectivity index (χ1v) is 17.2. The van der Waals surface area contributed by atoms with Crippen molar-refractivity contribution in [1.82, 2.24) is 14.8 Å². The number of fused-ring (bicyclic) bond motifs is 5. The molecular formula is C31H37F2N4O12P. The molecule has 0 unspecified atom stereocenters. The van der Waals surface area contributed by atoms with Gasteiger partial charge in [-0.2, -0.15) is 0 Å². The zero-order valence-electron chi connectivity index (χ0n) is 27.6. The molecule has 3 aliphatic rings. The van der Waals surface area contributed by atoms with Gasteiger partial charge in [-0.15, -0.1) is 0 Å². The number of nitrogens with one attached hydrogen (secondary N) is 1. The molecule has 19 heteroatoms. The first-order valence-electron chi connectivity index (χ1n) is 15.7. The van der Waals surface area contributed by atoms with E-state index >= 15 is 0 Å². The lowest BCUT2D eigenvalue weighted by atomic mass is 9.84. The molecule has 3 aliphatic heterocycles. The molecule has 16 nitrogen and oxygen atoms in total. The number of hydrogen-bond acceptors (Lipinski definition) is 11. The second-order valence-electron chi connectivity index (χ2n) is 12.7. The highest BCUT2D eigenvalue weighted by Crippen LogP contribution is 2.46. The third kappa shape index (κ3) is 7.83. The molecule has 2 aromatic rings. The summed E-state index contributed by atoms with van der Waals surface area (Å²) < 4.78 is 60.5. The topological polar surface area (TPSA) is 205 Å². The second-order valence-corrected chi connectivity index (χ2v) is 13.9. The summed E-state index contributed by atoms with van der Waals surface area (Å²) in [6.45, 7) is 4.96. The number of nitrogens with zero attached hydrogens (tertiary/aromatic N) is 3. The fourth-order valence-corrected chi connectivity index (χ4v) is 6.85. The van der Waals surface area contributed by atoms with Gasteiger partial charge >= 0.3 is 14.0 Å². The van der Waals surface area contributed by atoms with E-state index in [1.165, 1.54) is 10.8 Å². The van der Waals surface area contributed by atoms with E-state index in [4.69, 9.17) is 28.8 Å². The first-order chi connectivity index (χ1) is 23.5. The van der Waals surface area contributed by atoms with Crippen LogP contribution in [0.3, 0.4) is 0 Å². The predicted octanol–water partition coefficient (Wildman–Crippen LogP) is 3.39. The molecule has 2 bridgehead atoms. The van der Waals surface area contributed by atoms with Crippen LogP contribution >= 0.6 is 7.82 Å². The standard InChI is InChI=1S/C31H37F2N4O12P/c1-16(2)23(48-50(42,43)44)14-45-30(41)47-15-46-27-25-29(40)36-13-24(31(8-7-18(36)4)10-17(3)35-49-31)37(25)12-21(26(27)38)28(39)34-11-19-5-6-20(32)9-22(19)33/h5-6,9,12,16,18,23-24H,7-8,10-11,13-15H2,1-4H3,(H,34,39)(H2,42,43,44)/t18-,23-,24+,31-/m0/s1. The number of phosphoric ester groups is 1. The summed E-state index contributed by atoms with van der Waals surface area (Å²) in [6.07, 6.45) is 0.0882. The molecule has 0 aliphatic carbocycles. The average molecular weight is 727 g/mol. The molecule has 0 saturated carbocycles. The van der Waals surface area contributed by atoms with E-state index < -0.39 is 97.8 Å². The number of ether oxygens (including phenoxy) is 3. The molecule has 3 N–H and O–H groups in total. The molecule has 5 rings (SSSR count). The van der Waals surface area contributed by atoms with Crippen molar-refractivity contribution in [2.75, 3.05) is 19.9 Å². The largest absolute Gasteiger partial charge is 0.511 e. The van der Waals surface area contributed by atoms with Crippen molar-refractivity contribution >= 4 is 31.5 Å². The van der Waals surface area contributed by atoms with E-state index in [0.29, 0.717) is 31.0 Å². The lowest BCUT2D eigenvalue weighted by molar-refractivity contribution is -0.0658. The van der Waals surface area contributed by atoms with Crippen LogP contribution in [0.15, 0.2) is 34.3 Å². The van der Waals surface area contributed by atoms with Crippen molar-refractivity contribution in [3.63, 3.8) is 0 Å². The highest BCUT2D eigenvalue weighted by atomic mass is 31.2. The summed E-state index contributed by atoms with van der Waals surface area (Å²) >= 11 is 0. The number of aromatic nitrogens is 1. The van der Waals surface area contributed by atoms with Crippen molar-refractivity contribution in [3.8, 4) is 5.75 Å². The highest BCUT2D eigenvalue weighted by molar-refractivity contribution is 7.46. The van der Waals surface area contributed by atoms with Crippen LogP contribution in [0, 0.1) is 17.6 Å². The van der Waals surface area contributed by atoms with E-state index in [2.05, 4.69) is 15.0 Å². The minimum absolute atomic E-state index is 0.0541. The third-order valence-corrected chi connectivity index (χ3v) is 9.43. The van der Waals surface area contributed by atoms with Gasteiger partial charge < -0.3 is 43.6 Å². The molecule has 1 fully saturated rings. The Morgan fingerprint density at radius 2 is 1.96 bits per heavy atom. The van der Waals surface area contributed by atoms with Crippen LogP contribution in [0.5, 0.6) is 5.75 Å². The summed E-state index contributed by atoms with van der Waals surface area (Å²) in [7, 11) is -4.90. The maximum absolute atomic E-state index is 14.3. The lowest BCUT2D eigenvalue weighted by Crippen LogP contribution is -2.52. The van der Waals surface area contributed by atoms with Crippen LogP contribution in [0.25, 0.3) is 0 Å². The van der Waals surface area contributed by atoms with Crippen LogP contribution in [0.4, 0.5) is 13.6 Å². The van der Waals surface area contributed by atoms with Gasteiger partial charge in [0.2, 0.25) is 18.0 Å². The van der Waals surface area contributed by atoms with Crippen LogP contribution in [-0.4, -0.2) is 80.6 Å². The summed E-state index contributed by atoms with van der Waals surface area (Å²) in [4.78, 5) is 79.5. The summed E-state index contributed by atoms with van der Waals surface area (Å²) in [5, 5.41) is 6.60. The van der Waals surface area contributed by atoms with Crippen LogP contribution in [-0.2, 0) is 29.9 Å². The molecule has 0 radical (unpaired) electrons. The molecule has 272 valence electrons. The van der Waals surface area contributed by atoms with Gasteiger partial charge in [-0.1, -0.05) is 25.1 Å². The smallest absolute Gasteiger partial charge is 0.451 e. The van der Waals surface area contributed by atoms with Gasteiger partial charge in [0, 0.05) is 43.4 Å². The number of phosphoric acid groups is 1. The van der Waals surface area contributed by atoms with E-state index in [9.17, 15) is 32.5 Å². The molecule has 50 heavy (non-hydrogen) atoms. The molecular weight excluding hydrogens is 689 g/mol. The first kappa shape index (κ1) is 36.9. The van der Waals surface area contributed by atoms with Crippen molar-refractivity contribution in [2.24, 2.45) is 11.1 Å². The van der Waals surface area contributed by atoms with Crippen LogP contribution in [0.2, 0.25) is 0 Å². The zero-order chi connectivity index (χ0) is 36.5. The Labute approximate surface area is 284 Å². The second kappa shape index (κ2) is 14.5. The molecule has 4 heterocycles. The number of pyridine rings is 1. The predicted molar refractivity (Wildman–Crippen MR) is 168 cm³/mol. The Hall–Kier alpha value is -4.38. The Morgan fingerprint density at radius 3 is 2.60 bits per heavy atom. The average Bonchev–Trinajstić information content (AvgIpc) is 3.37. The highest BCUT2D eigenvalue weighted by Gasteiger charge is 2.54. The summed E-state index contributed by atoms with van der Waals surface area (Å²) in [5.41, 5.74) is -2.06. The Kier molecular flexibility index (Phi) is 10.7. The van der Waals surface area contributed by atoms with E-state index in [1.807, 2.05) is 6.92 Å². The molecule has 4 atom stereocenters. The van der Waals surface area contributed by atoms with Crippen molar-refractivity contribution in [1.29, 1.82) is 0 Å². The van der Waals surface area contributed by atoms with Gasteiger partial charge in [-0.25, -0.2) is 18.1 Å². The normalized spacial score (nSPS) is 22.0. The molecule has 2 amide bonds. The fraction of sp³-hybridized carbons (Fsp3) is 0.516. The maximum atomic E-state index is 14.3. The van der Waals surface area contributed by atoms with Gasteiger partial charge in [0.1, 0.15) is 29.9 Å². The number of benzene rings is 1. The van der Waals surface area contributed by atoms with E-state index in [-0.39, 0.29) is 23.8 Å². The van der Waals surface area contributed by atoms with Gasteiger partial charge in [0.05, 0.1) is 11.8 Å². The Balaban J connectivity index is 1.46. The number of carbonyl (C=O) groups excluding carboxylic acids is 3. The number of halogens is 2. The molecule has 1 aromatic heterocycles. The fourth-order valence-electron chi connectivity index (χ4n) is 6.19. The molecule has 1 spiro atoms. The number of rotatable bonds is 11. The van der Waals surface area contributed by atoms with Crippen molar-refractivity contribution in [3.05, 3.63) is 63.1 Å². The Morgan fingerprint density at radius 1 is 1.22 bits per heavy atom. The summed E-state index contributed by atoms with van der Waals surface area (Å²) in [6, 6.07) is 1.86. The number of hydrogen-bond donors (Lipinski definition) is 3. The maximum Gasteiger partial charge on any atom is 0.511 e. The monoisotopic (exact) mass is 726 g/mol. The zero-order valence-corrected chi connectivity index (χ0v) is 28.5. The third-order valence-electron chi connectivity index (χ3n) is 8.89. The van der Waals surface area contributed by atoms with Crippen LogP contribution in [0.1, 0.15) is 79.4 Å². The number of oxime groups is 1. The van der Waals surface area contributed by atoms with E-state index in [1.54, 1.807) is 25.7 Å². The van der Waals surface area contributed by atoms with E-state index in [0.717, 1.165) is 12.1 Å². The quantitative estimate of drug-likeness (QED) is 0.173. The van der Waals surface area contributed by atoms with Crippen LogP contribution < -0.4 is 15.5 Å². The van der Waals surface area contributed by atoms with Gasteiger partial charge in [0.15, 0.2) is 11.3 Å². The minimum Gasteiger partial charge on any atom is -0.451 e. The lowest BCUT2D eigenvalue weighted by Gasteiger charge is -2.42. The Bertz CT molecular complexity index is 1810. The van der Waals surface area contributed by atoms with Gasteiger partial charge in [-0.05, 0) is 38.7 Å². The van der Waals surface area contributed by atoms with Crippen molar-refractivity contribution < 1.29 is 61.1 Å². The van der Waals surface area contributed by atoms with Gasteiger partial charge in [-0.3, -0.25) is 18.9 Å². The minimum atomic E-state index is -4.90.